The quantitative estimate of drug-likeness (QED) is 0.163. The van der Waals surface area contributed by atoms with E-state index in [0.29, 0.717) is 11.1 Å². The van der Waals surface area contributed by atoms with Crippen LogP contribution in [-0.2, 0) is 19.1 Å². The molecule has 0 aliphatic carbocycles. The summed E-state index contributed by atoms with van der Waals surface area (Å²) >= 11 is 1.15. The van der Waals surface area contributed by atoms with Gasteiger partial charge in [-0.05, 0) is 41.4 Å². The number of fused-ring (bicyclic) bond motifs is 1. The smallest absolute Gasteiger partial charge is 0.262 e. The van der Waals surface area contributed by atoms with E-state index in [1.807, 2.05) is 61.5 Å². The minimum Gasteiger partial charge on any atom is -0.396 e. The Balaban J connectivity index is 1.59. The van der Waals surface area contributed by atoms with Crippen molar-refractivity contribution in [3.05, 3.63) is 96.6 Å². The number of nitrogens with zero attached hydrogens (tertiary/aromatic N) is 1. The van der Waals surface area contributed by atoms with Gasteiger partial charge in [0.1, 0.15) is 6.10 Å². The fourth-order valence-corrected chi connectivity index (χ4v) is 12.8. The average Bonchev–Trinajstić information content (AvgIpc) is 3.44. The van der Waals surface area contributed by atoms with Gasteiger partial charge in [0, 0.05) is 12.5 Å². The van der Waals surface area contributed by atoms with Crippen molar-refractivity contribution in [1.29, 1.82) is 0 Å². The fraction of sp³-hybridized carbons (Fsp3) is 0.353. The summed E-state index contributed by atoms with van der Waals surface area (Å²) in [5, 5.41) is 14.9. The minimum absolute atomic E-state index is 0.0644. The predicted octanol–water partition coefficient (Wildman–Crippen LogP) is 5.09. The summed E-state index contributed by atoms with van der Waals surface area (Å²) in [6.07, 6.45) is 0.897. The minimum atomic E-state index is -3.70. The highest BCUT2D eigenvalue weighted by Gasteiger charge is 2.51. The second-order valence-corrected chi connectivity index (χ2v) is 19.8. The average molecular weight is 651 g/mol. The lowest BCUT2D eigenvalue weighted by atomic mass is 10.0. The first-order valence-electron chi connectivity index (χ1n) is 14.7. The molecule has 2 N–H and O–H groups in total. The molecule has 7 nitrogen and oxygen atoms in total. The Morgan fingerprint density at radius 2 is 1.52 bits per heavy atom. The molecule has 1 amide bonds. The SMILES string of the molecule is C/C(=C\[C@@H](NC(=O)[C@H](C)O[Si](c1ccccc1)(c1ccccc1)C(C)(C)C)[C@H](C)CO)CS(=O)(=O)c1nc2ccccc2s1. The Morgan fingerprint density at radius 3 is 2.05 bits per heavy atom. The van der Waals surface area contributed by atoms with Gasteiger partial charge >= 0.3 is 0 Å². The number of carbonyl (C=O) groups is 1. The molecule has 0 unspecified atom stereocenters. The molecule has 234 valence electrons. The number of rotatable bonds is 12. The number of benzene rings is 3. The third-order valence-corrected chi connectivity index (χ3v) is 16.2. The van der Waals surface area contributed by atoms with Gasteiger partial charge in [0.25, 0.3) is 8.32 Å². The molecule has 0 aliphatic heterocycles. The predicted molar refractivity (Wildman–Crippen MR) is 182 cm³/mol. The summed E-state index contributed by atoms with van der Waals surface area (Å²) in [5.74, 6) is -0.939. The Labute approximate surface area is 266 Å². The van der Waals surface area contributed by atoms with Gasteiger partial charge in [-0.25, -0.2) is 13.4 Å². The molecule has 3 aromatic carbocycles. The third kappa shape index (κ3) is 7.38. The van der Waals surface area contributed by atoms with Crippen LogP contribution in [0.4, 0.5) is 0 Å². The van der Waals surface area contributed by atoms with Crippen molar-refractivity contribution < 1.29 is 22.7 Å². The van der Waals surface area contributed by atoms with Crippen LogP contribution < -0.4 is 15.7 Å². The van der Waals surface area contributed by atoms with E-state index in [4.69, 9.17) is 4.43 Å². The van der Waals surface area contributed by atoms with Gasteiger partial charge in [0.05, 0.1) is 22.0 Å². The van der Waals surface area contributed by atoms with Crippen LogP contribution in [0.3, 0.4) is 0 Å². The maximum absolute atomic E-state index is 13.8. The molecule has 4 aromatic rings. The molecular formula is C34H42N2O5S2Si. The summed E-state index contributed by atoms with van der Waals surface area (Å²) < 4.78 is 34.3. The zero-order chi connectivity index (χ0) is 32.1. The van der Waals surface area contributed by atoms with E-state index in [-0.39, 0.29) is 33.6 Å². The molecule has 0 saturated carbocycles. The normalized spacial score (nSPS) is 15.1. The molecule has 44 heavy (non-hydrogen) atoms. The van der Waals surface area contributed by atoms with Crippen molar-refractivity contribution in [2.45, 2.75) is 63.1 Å². The van der Waals surface area contributed by atoms with Crippen molar-refractivity contribution in [3.63, 3.8) is 0 Å². The van der Waals surface area contributed by atoms with Gasteiger partial charge in [-0.2, -0.15) is 0 Å². The van der Waals surface area contributed by atoms with E-state index in [1.54, 1.807) is 26.0 Å². The number of sulfone groups is 1. The highest BCUT2D eigenvalue weighted by Crippen LogP contribution is 2.37. The monoisotopic (exact) mass is 650 g/mol. The van der Waals surface area contributed by atoms with Crippen LogP contribution in [0.1, 0.15) is 41.5 Å². The number of aliphatic hydroxyl groups is 1. The van der Waals surface area contributed by atoms with E-state index in [1.165, 1.54) is 0 Å². The zero-order valence-corrected chi connectivity index (χ0v) is 28.8. The number of aromatic nitrogens is 1. The molecule has 0 radical (unpaired) electrons. The highest BCUT2D eigenvalue weighted by atomic mass is 32.2. The Hall–Kier alpha value is -3.15. The second kappa shape index (κ2) is 13.9. The first kappa shape index (κ1) is 33.7. The topological polar surface area (TPSA) is 106 Å². The zero-order valence-electron chi connectivity index (χ0n) is 26.2. The van der Waals surface area contributed by atoms with E-state index in [0.717, 1.165) is 26.4 Å². The number of amides is 1. The van der Waals surface area contributed by atoms with Gasteiger partial charge in [0.2, 0.25) is 20.1 Å². The fourth-order valence-electron chi connectivity index (χ4n) is 5.45. The highest BCUT2D eigenvalue weighted by molar-refractivity contribution is 7.93. The number of nitrogens with one attached hydrogen (secondary N) is 1. The molecule has 0 bridgehead atoms. The first-order chi connectivity index (χ1) is 20.8. The molecule has 1 aromatic heterocycles. The number of hydrogen-bond acceptors (Lipinski definition) is 7. The van der Waals surface area contributed by atoms with Crippen LogP contribution in [0, 0.1) is 5.92 Å². The summed E-state index contributed by atoms with van der Waals surface area (Å²) in [4.78, 5) is 18.1. The van der Waals surface area contributed by atoms with Crippen molar-refractivity contribution in [2.75, 3.05) is 12.4 Å². The molecule has 1 heterocycles. The Bertz CT molecular complexity index is 1630. The van der Waals surface area contributed by atoms with Crippen LogP contribution in [0.25, 0.3) is 10.2 Å². The van der Waals surface area contributed by atoms with E-state index in [9.17, 15) is 18.3 Å². The molecule has 0 aliphatic rings. The number of hydrogen-bond donors (Lipinski definition) is 2. The van der Waals surface area contributed by atoms with Gasteiger partial charge < -0.3 is 14.8 Å². The molecule has 0 saturated heterocycles. The van der Waals surface area contributed by atoms with E-state index in [2.05, 4.69) is 55.3 Å². The van der Waals surface area contributed by atoms with Crippen molar-refractivity contribution in [2.24, 2.45) is 5.92 Å². The number of aliphatic hydroxyl groups excluding tert-OH is 1. The van der Waals surface area contributed by atoms with E-state index >= 15 is 0 Å². The lowest BCUT2D eigenvalue weighted by molar-refractivity contribution is -0.128. The van der Waals surface area contributed by atoms with Crippen LogP contribution in [0.2, 0.25) is 5.04 Å². The van der Waals surface area contributed by atoms with Crippen LogP contribution >= 0.6 is 11.3 Å². The van der Waals surface area contributed by atoms with Crippen molar-refractivity contribution in [1.82, 2.24) is 10.3 Å². The standard InChI is InChI=1S/C34H42N2O5S2Si/c1-24(23-43(39,40)33-36-29-19-13-14-20-31(29)42-33)21-30(25(2)22-37)35-32(38)26(3)41-44(34(4,5)6,27-15-9-7-10-16-27)28-17-11-8-12-18-28/h7-21,25-26,30,37H,22-23H2,1-6H3,(H,35,38)/b24-21+/t25-,26+,30-/m1/s1. The van der Waals surface area contributed by atoms with Crippen molar-refractivity contribution >= 4 is 56.0 Å². The summed E-state index contributed by atoms with van der Waals surface area (Å²) in [6.45, 7) is 11.5. The van der Waals surface area contributed by atoms with Gasteiger partial charge in [-0.15, -0.1) is 11.3 Å². The molecule has 3 atom stereocenters. The van der Waals surface area contributed by atoms with Gasteiger partial charge in [-0.3, -0.25) is 4.79 Å². The lowest BCUT2D eigenvalue weighted by Gasteiger charge is -2.44. The Kier molecular flexibility index (Phi) is 10.6. The number of thiazole rings is 1. The van der Waals surface area contributed by atoms with Gasteiger partial charge in [0.15, 0.2) is 0 Å². The lowest BCUT2D eigenvalue weighted by Crippen LogP contribution is -2.68. The Morgan fingerprint density at radius 1 is 0.977 bits per heavy atom. The largest absolute Gasteiger partial charge is 0.396 e. The maximum atomic E-state index is 13.8. The summed E-state index contributed by atoms with van der Waals surface area (Å²) in [7, 11) is -6.69. The maximum Gasteiger partial charge on any atom is 0.262 e. The van der Waals surface area contributed by atoms with Crippen molar-refractivity contribution in [3.8, 4) is 0 Å². The molecule has 0 spiro atoms. The molecule has 10 heteroatoms. The summed E-state index contributed by atoms with van der Waals surface area (Å²) in [5.41, 5.74) is 1.20. The third-order valence-electron chi connectivity index (χ3n) is 7.77. The van der Waals surface area contributed by atoms with E-state index < -0.39 is 30.3 Å². The first-order valence-corrected chi connectivity index (χ1v) is 19.1. The second-order valence-electron chi connectivity index (χ2n) is 12.3. The summed E-state index contributed by atoms with van der Waals surface area (Å²) in [6, 6.07) is 26.9. The molecule has 4 rings (SSSR count). The van der Waals surface area contributed by atoms with Crippen LogP contribution in [-0.4, -0.2) is 57.2 Å². The molecule has 0 fully saturated rings. The number of carbonyl (C=O) groups excluding carboxylic acids is 1. The number of para-hydroxylation sites is 1. The van der Waals surface area contributed by atoms with Crippen LogP contribution in [0.15, 0.2) is 101 Å². The van der Waals surface area contributed by atoms with Crippen LogP contribution in [0.5, 0.6) is 0 Å². The van der Waals surface area contributed by atoms with Gasteiger partial charge in [-0.1, -0.05) is 112 Å². The molecular weight excluding hydrogens is 609 g/mol.